The van der Waals surface area contributed by atoms with Crippen molar-refractivity contribution in [3.8, 4) is 11.4 Å². The summed E-state index contributed by atoms with van der Waals surface area (Å²) in [6, 6.07) is 46.2. The smallest absolute Gasteiger partial charge is 0.159 e. The van der Waals surface area contributed by atoms with Gasteiger partial charge in [-0.2, -0.15) is 0 Å². The van der Waals surface area contributed by atoms with Crippen LogP contribution in [-0.4, -0.2) is 9.13 Å². The summed E-state index contributed by atoms with van der Waals surface area (Å²) in [6.07, 6.45) is 6.08. The molecule has 0 amide bonds. The Morgan fingerprint density at radius 2 is 1.13 bits per heavy atom. The highest BCUT2D eigenvalue weighted by atomic mass is 16.3. The van der Waals surface area contributed by atoms with Gasteiger partial charge in [-0.1, -0.05) is 111 Å². The summed E-state index contributed by atoms with van der Waals surface area (Å²) < 4.78 is 11.6. The number of nitrogens with zero attached hydrogens (tertiary/aromatic N) is 2. The van der Waals surface area contributed by atoms with Crippen LogP contribution < -0.4 is 0 Å². The zero-order valence-electron chi connectivity index (χ0n) is 25.5. The Balaban J connectivity index is 1.28. The van der Waals surface area contributed by atoms with Crippen LogP contribution in [0.3, 0.4) is 0 Å². The van der Waals surface area contributed by atoms with Crippen molar-refractivity contribution in [3.63, 3.8) is 0 Å². The van der Waals surface area contributed by atoms with Gasteiger partial charge in [0.15, 0.2) is 5.58 Å². The summed E-state index contributed by atoms with van der Waals surface area (Å²) in [7, 11) is 0. The fourth-order valence-corrected chi connectivity index (χ4v) is 7.57. The largest absolute Gasteiger partial charge is 0.454 e. The van der Waals surface area contributed by atoms with Crippen molar-refractivity contribution in [3.05, 3.63) is 133 Å². The van der Waals surface area contributed by atoms with Gasteiger partial charge in [0.05, 0.1) is 27.8 Å². The summed E-state index contributed by atoms with van der Waals surface area (Å²) in [4.78, 5) is 0. The highest BCUT2D eigenvalue weighted by Crippen LogP contribution is 2.40. The van der Waals surface area contributed by atoms with Crippen molar-refractivity contribution in [1.29, 1.82) is 0 Å². The van der Waals surface area contributed by atoms with E-state index >= 15 is 0 Å². The molecule has 3 heterocycles. The number of aromatic nitrogens is 2. The van der Waals surface area contributed by atoms with Crippen LogP contribution in [0.1, 0.15) is 38.2 Å². The Labute approximate surface area is 261 Å². The lowest BCUT2D eigenvalue weighted by Crippen LogP contribution is -1.98. The van der Waals surface area contributed by atoms with E-state index in [1.807, 2.05) is 0 Å². The summed E-state index contributed by atoms with van der Waals surface area (Å²) in [5, 5.41) is 7.39. The topological polar surface area (TPSA) is 23.0 Å². The number of hydrogen-bond donors (Lipinski definition) is 0. The lowest BCUT2D eigenvalue weighted by molar-refractivity contribution is 0.664. The fraction of sp³-hybridized carbons (Fsp3) is 0.143. The van der Waals surface area contributed by atoms with E-state index in [1.165, 1.54) is 74.9 Å². The molecule has 0 saturated heterocycles. The van der Waals surface area contributed by atoms with Crippen LogP contribution in [0.4, 0.5) is 0 Å². The van der Waals surface area contributed by atoms with Gasteiger partial charge in [-0.05, 0) is 60.9 Å². The molecule has 0 atom stereocenters. The van der Waals surface area contributed by atoms with E-state index < -0.39 is 0 Å². The Kier molecular flexibility index (Phi) is 6.05. The number of para-hydroxylation sites is 5. The zero-order valence-corrected chi connectivity index (χ0v) is 25.5. The first-order valence-electron chi connectivity index (χ1n) is 16.3. The van der Waals surface area contributed by atoms with Gasteiger partial charge in [-0.25, -0.2) is 0 Å². The van der Waals surface area contributed by atoms with Crippen molar-refractivity contribution in [2.75, 3.05) is 0 Å². The number of fused-ring (bicyclic) bond motifs is 9. The molecule has 9 aromatic rings. The molecule has 0 N–H and O–H groups in total. The molecule has 6 aromatic carbocycles. The Morgan fingerprint density at radius 3 is 1.87 bits per heavy atom. The lowest BCUT2D eigenvalue weighted by atomic mass is 10.0. The SMILES string of the molecule is CCCCCCc1cccc2c3ccccc3n(-c3cccc4c3oc3ccc(-n5c6ccccc6c6ccccc65)cc34)c12. The highest BCUT2D eigenvalue weighted by molar-refractivity contribution is 6.14. The van der Waals surface area contributed by atoms with Gasteiger partial charge in [-0.15, -0.1) is 0 Å². The number of rotatable bonds is 7. The van der Waals surface area contributed by atoms with Gasteiger partial charge in [0, 0.05) is 38.0 Å². The predicted molar refractivity (Wildman–Crippen MR) is 190 cm³/mol. The minimum atomic E-state index is 0.905. The van der Waals surface area contributed by atoms with E-state index in [4.69, 9.17) is 4.42 Å². The molecule has 0 saturated carbocycles. The maximum atomic E-state index is 6.78. The van der Waals surface area contributed by atoms with Crippen LogP contribution in [0.15, 0.2) is 132 Å². The molecule has 0 aliphatic heterocycles. The average Bonchev–Trinajstić information content (AvgIpc) is 3.75. The van der Waals surface area contributed by atoms with E-state index in [-0.39, 0.29) is 0 Å². The maximum Gasteiger partial charge on any atom is 0.159 e. The van der Waals surface area contributed by atoms with Gasteiger partial charge in [0.2, 0.25) is 0 Å². The minimum Gasteiger partial charge on any atom is -0.454 e. The molecule has 3 nitrogen and oxygen atoms in total. The van der Waals surface area contributed by atoms with Crippen LogP contribution in [-0.2, 0) is 6.42 Å². The number of benzene rings is 6. The quantitative estimate of drug-likeness (QED) is 0.171. The summed E-state index contributed by atoms with van der Waals surface area (Å²) in [5.41, 5.74) is 10.4. The molecule has 45 heavy (non-hydrogen) atoms. The Hall–Kier alpha value is -5.28. The molecule has 0 unspecified atom stereocenters. The molecule has 218 valence electrons. The van der Waals surface area contributed by atoms with E-state index in [9.17, 15) is 0 Å². The second-order valence-electron chi connectivity index (χ2n) is 12.3. The van der Waals surface area contributed by atoms with Gasteiger partial charge in [-0.3, -0.25) is 0 Å². The molecule has 0 aliphatic rings. The predicted octanol–water partition coefficient (Wildman–Crippen LogP) is 11.9. The summed E-state index contributed by atoms with van der Waals surface area (Å²) in [6.45, 7) is 2.28. The third kappa shape index (κ3) is 3.97. The molecular formula is C42H34N2O. The summed E-state index contributed by atoms with van der Waals surface area (Å²) in [5.74, 6) is 0. The molecule has 0 fully saturated rings. The average molecular weight is 583 g/mol. The molecule has 9 rings (SSSR count). The van der Waals surface area contributed by atoms with Crippen LogP contribution in [0, 0.1) is 0 Å². The standard InChI is InChI=1S/C42H34N2O/c1-2-3-4-5-14-28-15-12-19-33-32-18-8-11-23-38(32)44(41(28)33)39-24-13-20-34-35-27-29(25-26-40(35)45-42(34)39)43-36-21-9-6-16-30(36)31-17-7-10-22-37(31)43/h6-13,15-27H,2-5,14H2,1H3. The molecule has 0 spiro atoms. The van der Waals surface area contributed by atoms with Crippen LogP contribution in [0.2, 0.25) is 0 Å². The monoisotopic (exact) mass is 582 g/mol. The molecular weight excluding hydrogens is 548 g/mol. The summed E-state index contributed by atoms with van der Waals surface area (Å²) >= 11 is 0. The Bertz CT molecular complexity index is 2490. The zero-order chi connectivity index (χ0) is 29.9. The second kappa shape index (κ2) is 10.4. The van der Waals surface area contributed by atoms with Crippen molar-refractivity contribution in [1.82, 2.24) is 9.13 Å². The molecule has 0 aliphatic carbocycles. The fourth-order valence-electron chi connectivity index (χ4n) is 7.57. The first-order chi connectivity index (χ1) is 22.3. The molecule has 0 bridgehead atoms. The normalized spacial score (nSPS) is 12.1. The van der Waals surface area contributed by atoms with Gasteiger partial charge >= 0.3 is 0 Å². The Morgan fingerprint density at radius 1 is 0.511 bits per heavy atom. The number of furan rings is 1. The third-order valence-electron chi connectivity index (χ3n) is 9.62. The number of unbranched alkanes of at least 4 members (excludes halogenated alkanes) is 3. The highest BCUT2D eigenvalue weighted by Gasteiger charge is 2.20. The van der Waals surface area contributed by atoms with Gasteiger partial charge in [0.1, 0.15) is 5.58 Å². The first-order valence-corrected chi connectivity index (χ1v) is 16.3. The van der Waals surface area contributed by atoms with E-state index in [0.717, 1.165) is 39.7 Å². The van der Waals surface area contributed by atoms with Crippen molar-refractivity contribution >= 4 is 65.6 Å². The third-order valence-corrected chi connectivity index (χ3v) is 9.62. The molecule has 3 aromatic heterocycles. The van der Waals surface area contributed by atoms with Crippen molar-refractivity contribution < 1.29 is 4.42 Å². The van der Waals surface area contributed by atoms with Crippen LogP contribution >= 0.6 is 0 Å². The van der Waals surface area contributed by atoms with Gasteiger partial charge < -0.3 is 13.6 Å². The van der Waals surface area contributed by atoms with E-state index in [1.54, 1.807) is 0 Å². The lowest BCUT2D eigenvalue weighted by Gasteiger charge is -2.12. The molecule has 0 radical (unpaired) electrons. The number of aryl methyl sites for hydroxylation is 1. The van der Waals surface area contributed by atoms with Crippen molar-refractivity contribution in [2.45, 2.75) is 39.0 Å². The minimum absolute atomic E-state index is 0.905. The number of hydrogen-bond acceptors (Lipinski definition) is 1. The molecule has 3 heteroatoms. The van der Waals surface area contributed by atoms with Crippen LogP contribution in [0.5, 0.6) is 0 Å². The van der Waals surface area contributed by atoms with E-state index in [2.05, 4.69) is 143 Å². The van der Waals surface area contributed by atoms with Crippen molar-refractivity contribution in [2.24, 2.45) is 0 Å². The van der Waals surface area contributed by atoms with E-state index in [0.29, 0.717) is 0 Å². The maximum absolute atomic E-state index is 6.78. The first kappa shape index (κ1) is 26.2. The van der Waals surface area contributed by atoms with Crippen LogP contribution in [0.25, 0.3) is 76.9 Å². The second-order valence-corrected chi connectivity index (χ2v) is 12.3. The van der Waals surface area contributed by atoms with Gasteiger partial charge in [0.25, 0.3) is 0 Å².